The minimum absolute atomic E-state index is 0.0949. The number of nitrogens with zero attached hydrogens (tertiary/aromatic N) is 1. The third kappa shape index (κ3) is 4.38. The summed E-state index contributed by atoms with van der Waals surface area (Å²) in [6, 6.07) is 2.99. The molecule has 0 saturated heterocycles. The van der Waals surface area contributed by atoms with Gasteiger partial charge in [0.2, 0.25) is 5.95 Å². The number of primary amides is 1. The van der Waals surface area contributed by atoms with Crippen LogP contribution in [0.2, 0.25) is 0 Å². The number of hydrogen-bond donors (Lipinski definition) is 1. The normalized spacial score (nSPS) is 13.2. The second kappa shape index (κ2) is 5.12. The van der Waals surface area contributed by atoms with Gasteiger partial charge in [-0.25, -0.2) is 9.78 Å². The molecule has 0 aliphatic carbocycles. The van der Waals surface area contributed by atoms with Crippen LogP contribution in [0, 0.1) is 5.95 Å². The van der Waals surface area contributed by atoms with Crippen LogP contribution in [0.15, 0.2) is 18.3 Å². The maximum atomic E-state index is 12.7. The number of aromatic nitrogens is 1. The van der Waals surface area contributed by atoms with Crippen molar-refractivity contribution in [2.45, 2.75) is 38.7 Å². The molecule has 0 radical (unpaired) electrons. The summed E-state index contributed by atoms with van der Waals surface area (Å²) in [5.41, 5.74) is 5.23. The molecule has 1 heterocycles. The first-order valence-corrected chi connectivity index (χ1v) is 5.40. The molecule has 1 unspecified atom stereocenters. The van der Waals surface area contributed by atoms with E-state index in [1.807, 2.05) is 6.92 Å². The molecule has 1 aromatic rings. The van der Waals surface area contributed by atoms with Gasteiger partial charge in [0.25, 0.3) is 0 Å². The number of carbonyl (C=O) groups excluding carboxylic acids is 1. The largest absolute Gasteiger partial charge is 0.444 e. The number of carbonyl (C=O) groups is 1. The number of hydrogen-bond acceptors (Lipinski definition) is 3. The highest BCUT2D eigenvalue weighted by Gasteiger charge is 2.25. The smallest absolute Gasteiger partial charge is 0.405 e. The van der Waals surface area contributed by atoms with Crippen molar-refractivity contribution in [2.75, 3.05) is 0 Å². The van der Waals surface area contributed by atoms with E-state index >= 15 is 0 Å². The average molecular weight is 240 g/mol. The fourth-order valence-corrected chi connectivity index (χ4v) is 1.85. The molecule has 0 aliphatic heterocycles. The molecule has 0 aromatic carbocycles. The molecule has 0 bridgehead atoms. The first-order valence-electron chi connectivity index (χ1n) is 5.40. The highest BCUT2D eigenvalue weighted by atomic mass is 19.1. The Kier molecular flexibility index (Phi) is 4.04. The standard InChI is InChI=1S/C12H17FN2O2/c1-8(6-12(2,3)17-11(14)16)9-4-5-10(13)15-7-9/h4-5,7-8H,6H2,1-3H3,(H2,14,16). The Morgan fingerprint density at radius 1 is 1.59 bits per heavy atom. The number of nitrogens with two attached hydrogens (primary N) is 1. The Morgan fingerprint density at radius 3 is 2.71 bits per heavy atom. The lowest BCUT2D eigenvalue weighted by molar-refractivity contribution is 0.0349. The predicted molar refractivity (Wildman–Crippen MR) is 62.0 cm³/mol. The summed E-state index contributed by atoms with van der Waals surface area (Å²) in [5.74, 6) is -0.411. The van der Waals surface area contributed by atoms with Gasteiger partial charge in [-0.15, -0.1) is 0 Å². The molecule has 0 aliphatic rings. The van der Waals surface area contributed by atoms with Crippen molar-refractivity contribution in [1.29, 1.82) is 0 Å². The Hall–Kier alpha value is -1.65. The first kappa shape index (κ1) is 13.4. The minimum atomic E-state index is -0.792. The molecule has 1 amide bonds. The molecular weight excluding hydrogens is 223 g/mol. The Bertz CT molecular complexity index is 390. The van der Waals surface area contributed by atoms with Crippen molar-refractivity contribution in [2.24, 2.45) is 5.73 Å². The average Bonchev–Trinajstić information content (AvgIpc) is 2.15. The Labute approximate surface area is 100.0 Å². The SMILES string of the molecule is CC(CC(C)(C)OC(N)=O)c1ccc(F)nc1. The third-order valence-electron chi connectivity index (χ3n) is 2.49. The Morgan fingerprint density at radius 2 is 2.24 bits per heavy atom. The van der Waals surface area contributed by atoms with Crippen LogP contribution in [0.3, 0.4) is 0 Å². The lowest BCUT2D eigenvalue weighted by Crippen LogP contribution is -2.32. The summed E-state index contributed by atoms with van der Waals surface area (Å²) in [4.78, 5) is 14.3. The summed E-state index contributed by atoms with van der Waals surface area (Å²) >= 11 is 0. The van der Waals surface area contributed by atoms with Crippen LogP contribution in [-0.2, 0) is 4.74 Å². The molecule has 4 nitrogen and oxygen atoms in total. The molecule has 94 valence electrons. The minimum Gasteiger partial charge on any atom is -0.444 e. The van der Waals surface area contributed by atoms with Gasteiger partial charge in [-0.1, -0.05) is 13.0 Å². The van der Waals surface area contributed by atoms with Crippen LogP contribution < -0.4 is 5.73 Å². The summed E-state index contributed by atoms with van der Waals surface area (Å²) in [6.07, 6.45) is 1.28. The van der Waals surface area contributed by atoms with Crippen LogP contribution in [0.4, 0.5) is 9.18 Å². The van der Waals surface area contributed by atoms with Gasteiger partial charge in [-0.3, -0.25) is 0 Å². The van der Waals surface area contributed by atoms with E-state index in [-0.39, 0.29) is 5.92 Å². The van der Waals surface area contributed by atoms with E-state index in [1.165, 1.54) is 12.3 Å². The molecular formula is C12H17FN2O2. The highest BCUT2D eigenvalue weighted by Crippen LogP contribution is 2.27. The van der Waals surface area contributed by atoms with E-state index in [2.05, 4.69) is 4.98 Å². The number of rotatable bonds is 4. The lowest BCUT2D eigenvalue weighted by atomic mass is 9.90. The summed E-state index contributed by atoms with van der Waals surface area (Å²) < 4.78 is 17.7. The molecule has 17 heavy (non-hydrogen) atoms. The van der Waals surface area contributed by atoms with Crippen LogP contribution >= 0.6 is 0 Å². The topological polar surface area (TPSA) is 65.2 Å². The van der Waals surface area contributed by atoms with Gasteiger partial charge < -0.3 is 10.5 Å². The van der Waals surface area contributed by atoms with E-state index in [0.29, 0.717) is 6.42 Å². The van der Waals surface area contributed by atoms with Gasteiger partial charge in [0.05, 0.1) is 0 Å². The van der Waals surface area contributed by atoms with Crippen molar-refractivity contribution in [1.82, 2.24) is 4.98 Å². The molecule has 1 rings (SSSR count). The van der Waals surface area contributed by atoms with Gasteiger partial charge in [0, 0.05) is 6.20 Å². The maximum Gasteiger partial charge on any atom is 0.405 e. The van der Waals surface area contributed by atoms with E-state index in [9.17, 15) is 9.18 Å². The van der Waals surface area contributed by atoms with E-state index in [4.69, 9.17) is 10.5 Å². The van der Waals surface area contributed by atoms with Crippen LogP contribution in [0.1, 0.15) is 38.7 Å². The third-order valence-corrected chi connectivity index (χ3v) is 2.49. The van der Waals surface area contributed by atoms with E-state index in [1.54, 1.807) is 19.9 Å². The van der Waals surface area contributed by atoms with E-state index in [0.717, 1.165) is 5.56 Å². The summed E-state index contributed by atoms with van der Waals surface area (Å²) in [6.45, 7) is 5.53. The van der Waals surface area contributed by atoms with Crippen LogP contribution in [0.5, 0.6) is 0 Å². The second-order valence-electron chi connectivity index (χ2n) is 4.70. The Balaban J connectivity index is 2.68. The van der Waals surface area contributed by atoms with Crippen molar-refractivity contribution < 1.29 is 13.9 Å². The molecule has 1 aromatic heterocycles. The van der Waals surface area contributed by atoms with Gasteiger partial charge in [-0.05, 0) is 37.8 Å². The zero-order valence-electron chi connectivity index (χ0n) is 10.2. The van der Waals surface area contributed by atoms with Crippen LogP contribution in [0.25, 0.3) is 0 Å². The number of halogens is 1. The predicted octanol–water partition coefficient (Wildman–Crippen LogP) is 2.59. The fraction of sp³-hybridized carbons (Fsp3) is 0.500. The molecule has 1 atom stereocenters. The van der Waals surface area contributed by atoms with Gasteiger partial charge in [-0.2, -0.15) is 4.39 Å². The van der Waals surface area contributed by atoms with Gasteiger partial charge in [0.1, 0.15) is 5.60 Å². The van der Waals surface area contributed by atoms with Crippen LogP contribution in [-0.4, -0.2) is 16.7 Å². The quantitative estimate of drug-likeness (QED) is 0.822. The second-order valence-corrected chi connectivity index (χ2v) is 4.70. The monoisotopic (exact) mass is 240 g/mol. The molecule has 0 spiro atoms. The number of ether oxygens (including phenoxy) is 1. The van der Waals surface area contributed by atoms with Gasteiger partial charge >= 0.3 is 6.09 Å². The summed E-state index contributed by atoms with van der Waals surface area (Å²) in [7, 11) is 0. The lowest BCUT2D eigenvalue weighted by Gasteiger charge is -2.27. The molecule has 0 fully saturated rings. The molecule has 2 N–H and O–H groups in total. The first-order chi connectivity index (χ1) is 7.80. The van der Waals surface area contributed by atoms with Crippen molar-refractivity contribution in [3.05, 3.63) is 29.8 Å². The van der Waals surface area contributed by atoms with Crippen molar-refractivity contribution in [3.63, 3.8) is 0 Å². The summed E-state index contributed by atoms with van der Waals surface area (Å²) in [5, 5.41) is 0. The molecule has 0 saturated carbocycles. The maximum absolute atomic E-state index is 12.7. The number of amides is 1. The fourth-order valence-electron chi connectivity index (χ4n) is 1.85. The van der Waals surface area contributed by atoms with Crippen molar-refractivity contribution in [3.8, 4) is 0 Å². The zero-order valence-corrected chi connectivity index (χ0v) is 10.2. The zero-order chi connectivity index (χ0) is 13.1. The highest BCUT2D eigenvalue weighted by molar-refractivity contribution is 5.65. The number of pyridine rings is 1. The van der Waals surface area contributed by atoms with Gasteiger partial charge in [0.15, 0.2) is 0 Å². The molecule has 5 heteroatoms. The van der Waals surface area contributed by atoms with Crippen molar-refractivity contribution >= 4 is 6.09 Å². The van der Waals surface area contributed by atoms with E-state index < -0.39 is 17.6 Å².